The second-order valence-corrected chi connectivity index (χ2v) is 5.91. The molecular formula is C15H23N2O2. The summed E-state index contributed by atoms with van der Waals surface area (Å²) >= 11 is 0. The minimum atomic E-state index is -0.418. The lowest BCUT2D eigenvalue weighted by Gasteiger charge is -2.37. The minimum Gasteiger partial charge on any atom is -0.444 e. The van der Waals surface area contributed by atoms with Gasteiger partial charge in [0.25, 0.3) is 0 Å². The van der Waals surface area contributed by atoms with Crippen LogP contribution in [0.1, 0.15) is 27.2 Å². The summed E-state index contributed by atoms with van der Waals surface area (Å²) in [7, 11) is 0. The number of hydrogen-bond acceptors (Lipinski definition) is 3. The summed E-state index contributed by atoms with van der Waals surface area (Å²) in [6.45, 7) is 8.89. The summed E-state index contributed by atoms with van der Waals surface area (Å²) in [6.07, 6.45) is 9.39. The van der Waals surface area contributed by atoms with Gasteiger partial charge in [0.05, 0.1) is 0 Å². The Morgan fingerprint density at radius 1 is 1.21 bits per heavy atom. The molecule has 1 saturated heterocycles. The van der Waals surface area contributed by atoms with Gasteiger partial charge in [-0.2, -0.15) is 0 Å². The summed E-state index contributed by atoms with van der Waals surface area (Å²) in [6, 6.07) is 0. The molecule has 0 saturated carbocycles. The monoisotopic (exact) mass is 263 g/mol. The van der Waals surface area contributed by atoms with Crippen LogP contribution in [0.2, 0.25) is 0 Å². The number of nitrogens with zero attached hydrogens (tertiary/aromatic N) is 2. The molecule has 2 aliphatic rings. The topological polar surface area (TPSA) is 32.8 Å². The van der Waals surface area contributed by atoms with Gasteiger partial charge in [-0.25, -0.2) is 4.79 Å². The molecule has 0 bridgehead atoms. The minimum absolute atomic E-state index is 0.200. The number of allylic oxidation sites excluding steroid dienone is 3. The van der Waals surface area contributed by atoms with Crippen molar-refractivity contribution >= 4 is 6.09 Å². The third-order valence-electron chi connectivity index (χ3n) is 3.16. The molecule has 0 spiro atoms. The molecule has 19 heavy (non-hydrogen) atoms. The van der Waals surface area contributed by atoms with Crippen LogP contribution in [0.4, 0.5) is 4.79 Å². The number of ether oxygens (including phenoxy) is 1. The van der Waals surface area contributed by atoms with E-state index in [0.29, 0.717) is 0 Å². The molecule has 4 heteroatoms. The molecule has 105 valence electrons. The summed E-state index contributed by atoms with van der Waals surface area (Å²) in [5.74, 6) is 0. The van der Waals surface area contributed by atoms with Crippen LogP contribution in [-0.4, -0.2) is 47.7 Å². The maximum Gasteiger partial charge on any atom is 0.410 e. The van der Waals surface area contributed by atoms with Gasteiger partial charge in [-0.15, -0.1) is 0 Å². The van der Waals surface area contributed by atoms with Gasteiger partial charge in [0.15, 0.2) is 0 Å². The maximum absolute atomic E-state index is 11.9. The number of carbonyl (C=O) groups excluding carboxylic acids is 1. The van der Waals surface area contributed by atoms with E-state index in [-0.39, 0.29) is 6.09 Å². The van der Waals surface area contributed by atoms with Crippen molar-refractivity contribution in [3.05, 3.63) is 30.3 Å². The third-order valence-corrected chi connectivity index (χ3v) is 3.16. The molecule has 4 nitrogen and oxygen atoms in total. The van der Waals surface area contributed by atoms with E-state index >= 15 is 0 Å². The number of piperazine rings is 1. The molecule has 1 heterocycles. The van der Waals surface area contributed by atoms with E-state index in [1.165, 1.54) is 5.70 Å². The highest BCUT2D eigenvalue weighted by atomic mass is 16.6. The standard InChI is InChI=1S/C15H23N2O2/c1-15(2,3)19-14(18)17-11-9-16(10-12-17)13-7-5-4-6-8-13/h4-5,7-8H,6,9-12H2,1-3H3. The van der Waals surface area contributed by atoms with Crippen molar-refractivity contribution < 1.29 is 9.53 Å². The summed E-state index contributed by atoms with van der Waals surface area (Å²) in [5, 5.41) is 0. The number of hydrogen-bond donors (Lipinski definition) is 0. The van der Waals surface area contributed by atoms with Crippen LogP contribution >= 0.6 is 0 Å². The van der Waals surface area contributed by atoms with Gasteiger partial charge in [0.1, 0.15) is 5.60 Å². The van der Waals surface area contributed by atoms with Crippen molar-refractivity contribution in [3.8, 4) is 0 Å². The van der Waals surface area contributed by atoms with E-state index < -0.39 is 5.60 Å². The summed E-state index contributed by atoms with van der Waals surface area (Å²) in [4.78, 5) is 16.1. The first-order valence-electron chi connectivity index (χ1n) is 6.89. The van der Waals surface area contributed by atoms with Crippen molar-refractivity contribution in [2.75, 3.05) is 26.2 Å². The molecule has 0 N–H and O–H groups in total. The first-order chi connectivity index (χ1) is 8.96. The average molecular weight is 263 g/mol. The number of carbonyl (C=O) groups is 1. The van der Waals surface area contributed by atoms with E-state index in [1.54, 1.807) is 4.90 Å². The highest BCUT2D eigenvalue weighted by molar-refractivity contribution is 5.68. The van der Waals surface area contributed by atoms with Crippen molar-refractivity contribution in [2.24, 2.45) is 0 Å². The van der Waals surface area contributed by atoms with Crippen molar-refractivity contribution in [1.29, 1.82) is 0 Å². The lowest BCUT2D eigenvalue weighted by atomic mass is 10.1. The smallest absolute Gasteiger partial charge is 0.410 e. The number of rotatable bonds is 1. The molecule has 0 aromatic heterocycles. The van der Waals surface area contributed by atoms with Crippen LogP contribution < -0.4 is 0 Å². The molecule has 2 rings (SSSR count). The Hall–Kier alpha value is -1.45. The van der Waals surface area contributed by atoms with Gasteiger partial charge in [-0.05, 0) is 39.7 Å². The molecule has 1 aliphatic carbocycles. The van der Waals surface area contributed by atoms with Crippen molar-refractivity contribution in [1.82, 2.24) is 9.80 Å². The molecule has 0 unspecified atom stereocenters. The fourth-order valence-corrected chi connectivity index (χ4v) is 2.21. The lowest BCUT2D eigenvalue weighted by molar-refractivity contribution is 0.0171. The zero-order chi connectivity index (χ0) is 13.9. The summed E-state index contributed by atoms with van der Waals surface area (Å²) in [5.41, 5.74) is 0.852. The largest absolute Gasteiger partial charge is 0.444 e. The molecule has 1 fully saturated rings. The lowest BCUT2D eigenvalue weighted by Crippen LogP contribution is -2.49. The van der Waals surface area contributed by atoms with Crippen molar-refractivity contribution in [2.45, 2.75) is 32.8 Å². The second-order valence-electron chi connectivity index (χ2n) is 5.91. The Kier molecular flexibility index (Phi) is 4.17. The molecule has 0 aromatic rings. The number of amides is 1. The molecule has 0 atom stereocenters. The molecule has 1 radical (unpaired) electrons. The van der Waals surface area contributed by atoms with Gasteiger partial charge < -0.3 is 14.5 Å². The van der Waals surface area contributed by atoms with Crippen LogP contribution in [0.3, 0.4) is 0 Å². The van der Waals surface area contributed by atoms with Crippen LogP contribution in [0, 0.1) is 6.42 Å². The Balaban J connectivity index is 1.84. The van der Waals surface area contributed by atoms with E-state index in [1.807, 2.05) is 20.8 Å². The zero-order valence-corrected chi connectivity index (χ0v) is 12.1. The van der Waals surface area contributed by atoms with E-state index in [4.69, 9.17) is 4.74 Å². The van der Waals surface area contributed by atoms with Crippen molar-refractivity contribution in [3.63, 3.8) is 0 Å². The van der Waals surface area contributed by atoms with Crippen LogP contribution in [-0.2, 0) is 4.74 Å². The predicted molar refractivity (Wildman–Crippen MR) is 75.5 cm³/mol. The molecule has 0 aromatic carbocycles. The Labute approximate surface area is 115 Å². The Morgan fingerprint density at radius 3 is 2.42 bits per heavy atom. The second kappa shape index (κ2) is 5.68. The Morgan fingerprint density at radius 2 is 1.89 bits per heavy atom. The van der Waals surface area contributed by atoms with E-state index in [2.05, 4.69) is 29.5 Å². The maximum atomic E-state index is 11.9. The fraction of sp³-hybridized carbons (Fsp3) is 0.600. The first kappa shape index (κ1) is 14.0. The van der Waals surface area contributed by atoms with Crippen LogP contribution in [0.5, 0.6) is 0 Å². The molecule has 1 aliphatic heterocycles. The van der Waals surface area contributed by atoms with E-state index in [0.717, 1.165) is 32.6 Å². The Bertz CT molecular complexity index is 385. The fourth-order valence-electron chi connectivity index (χ4n) is 2.21. The van der Waals surface area contributed by atoms with Gasteiger partial charge in [0.2, 0.25) is 0 Å². The van der Waals surface area contributed by atoms with Gasteiger partial charge in [-0.1, -0.05) is 12.2 Å². The first-order valence-corrected chi connectivity index (χ1v) is 6.89. The van der Waals surface area contributed by atoms with E-state index in [9.17, 15) is 4.79 Å². The highest BCUT2D eigenvalue weighted by Crippen LogP contribution is 2.17. The van der Waals surface area contributed by atoms with Gasteiger partial charge in [-0.3, -0.25) is 0 Å². The SMILES string of the molecule is CC(C)(C)OC(=O)N1CCN(C2=CC[CH]C=C2)CC1. The highest BCUT2D eigenvalue weighted by Gasteiger charge is 2.26. The van der Waals surface area contributed by atoms with Crippen LogP contribution in [0.25, 0.3) is 0 Å². The predicted octanol–water partition coefficient (Wildman–Crippen LogP) is 2.59. The quantitative estimate of drug-likeness (QED) is 0.729. The van der Waals surface area contributed by atoms with Crippen LogP contribution in [0.15, 0.2) is 23.9 Å². The molecular weight excluding hydrogens is 240 g/mol. The van der Waals surface area contributed by atoms with Gasteiger partial charge >= 0.3 is 6.09 Å². The average Bonchev–Trinajstić information content (AvgIpc) is 2.38. The third kappa shape index (κ3) is 4.01. The summed E-state index contributed by atoms with van der Waals surface area (Å²) < 4.78 is 5.39. The normalized spacial score (nSPS) is 20.3. The van der Waals surface area contributed by atoms with Gasteiger partial charge in [0, 0.05) is 31.9 Å². The molecule has 1 amide bonds. The zero-order valence-electron chi connectivity index (χ0n) is 12.1.